The number of benzene rings is 16. The van der Waals surface area contributed by atoms with Crippen LogP contribution in [0.4, 0.5) is 51.2 Å². The summed E-state index contributed by atoms with van der Waals surface area (Å²) >= 11 is 0. The van der Waals surface area contributed by atoms with Gasteiger partial charge in [0.25, 0.3) is 13.0 Å². The van der Waals surface area contributed by atoms with Gasteiger partial charge in [-0.3, -0.25) is 13.7 Å². The molecule has 111 heavy (non-hydrogen) atoms. The maximum absolute atomic E-state index is 7.21. The van der Waals surface area contributed by atoms with Crippen molar-refractivity contribution in [1.29, 1.82) is 0 Å². The molecule has 0 unspecified atom stereocenters. The third-order valence-electron chi connectivity index (χ3n) is 22.4. The predicted molar refractivity (Wildman–Crippen MR) is 457 cm³/mol. The summed E-state index contributed by atoms with van der Waals surface area (Å²) in [4.78, 5) is 12.9. The van der Waals surface area contributed by atoms with E-state index in [1.807, 2.05) is 12.3 Å². The van der Waals surface area contributed by atoms with Gasteiger partial charge in [-0.05, 0) is 229 Å². The van der Waals surface area contributed by atoms with Crippen LogP contribution in [0.5, 0.6) is 11.5 Å². The summed E-state index contributed by atoms with van der Waals surface area (Å²) in [5.74, 6) is 1.35. The quantitative estimate of drug-likeness (QED) is 0.0617. The molecule has 0 amide bonds. The first-order chi connectivity index (χ1) is 55.1. The van der Waals surface area contributed by atoms with E-state index < -0.39 is 0 Å². The highest BCUT2D eigenvalue weighted by molar-refractivity contribution is 7.03. The molecule has 0 atom stereocenters. The number of para-hydroxylation sites is 6. The molecule has 22 rings (SSSR count). The summed E-state index contributed by atoms with van der Waals surface area (Å²) in [5, 5.41) is 2.17. The first kappa shape index (κ1) is 63.5. The van der Waals surface area contributed by atoms with E-state index in [2.05, 4.69) is 423 Å². The molecule has 0 saturated heterocycles. The van der Waals surface area contributed by atoms with Crippen molar-refractivity contribution in [3.8, 4) is 95.3 Å². The summed E-state index contributed by atoms with van der Waals surface area (Å²) in [5.41, 5.74) is 33.9. The van der Waals surface area contributed by atoms with Crippen LogP contribution >= 0.6 is 0 Å². The third-order valence-corrected chi connectivity index (χ3v) is 22.4. The van der Waals surface area contributed by atoms with E-state index in [1.165, 1.54) is 27.8 Å². The minimum Gasteiger partial charge on any atom is -0.458 e. The van der Waals surface area contributed by atoms with Crippen LogP contribution in [0, 0.1) is 6.33 Å². The zero-order valence-electron chi connectivity index (χ0n) is 60.2. The van der Waals surface area contributed by atoms with Gasteiger partial charge in [-0.15, -0.1) is 0 Å². The zero-order chi connectivity index (χ0) is 73.0. The van der Waals surface area contributed by atoms with Gasteiger partial charge in [-0.2, -0.15) is 0 Å². The SMILES string of the molecule is [c-]1n(-c2cccc(Oc3cccc(-n4c5cc6c7c(c5c5cccnc54)N(c4ccccc4)c4cccc5c4B7c4c(cccc4N6c4ccccc4)N5c4ccccc4)c3)c2)c2ccccc2[n+]1-c1c(-c2cc(-c3ccccc3)cc(-c3ccccc3)c2)cccc1-c1cc(-c2ccccc2)cc(-c2ccccc2)c1. The van der Waals surface area contributed by atoms with Gasteiger partial charge in [-0.1, -0.05) is 243 Å². The van der Waals surface area contributed by atoms with Crippen LogP contribution in [0.3, 0.4) is 0 Å². The Morgan fingerprint density at radius 3 is 1.22 bits per heavy atom. The lowest BCUT2D eigenvalue weighted by Gasteiger charge is -2.49. The van der Waals surface area contributed by atoms with Gasteiger partial charge in [0.1, 0.15) is 17.1 Å². The van der Waals surface area contributed by atoms with E-state index in [-0.39, 0.29) is 6.71 Å². The molecule has 0 bridgehead atoms. The van der Waals surface area contributed by atoms with Crippen molar-refractivity contribution < 1.29 is 9.30 Å². The fourth-order valence-corrected chi connectivity index (χ4v) is 17.7. The number of nitrogens with zero attached hydrogens (tertiary/aromatic N) is 7. The van der Waals surface area contributed by atoms with Crippen LogP contribution in [-0.4, -0.2) is 20.8 Å². The first-order valence-electron chi connectivity index (χ1n) is 37.9. The molecule has 3 aliphatic heterocycles. The Labute approximate surface area is 643 Å². The van der Waals surface area contributed by atoms with E-state index in [0.29, 0.717) is 11.5 Å². The minimum atomic E-state index is -0.104. The molecular weight excluding hydrogens is 1350 g/mol. The highest BCUT2D eigenvalue weighted by Gasteiger charge is 2.50. The second-order valence-corrected chi connectivity index (χ2v) is 28.7. The maximum atomic E-state index is 7.21. The van der Waals surface area contributed by atoms with Crippen LogP contribution in [-0.2, 0) is 0 Å². The summed E-state index contributed by atoms with van der Waals surface area (Å²) < 4.78 is 14.0. The molecule has 3 aliphatic rings. The Bertz CT molecular complexity index is 6590. The molecule has 0 radical (unpaired) electrons. The van der Waals surface area contributed by atoms with Gasteiger partial charge in [-0.25, -0.2) is 4.98 Å². The molecule has 16 aromatic carbocycles. The molecular formula is C102H66BN7O. The van der Waals surface area contributed by atoms with Crippen LogP contribution in [0.15, 0.2) is 401 Å². The number of pyridine rings is 1. The highest BCUT2D eigenvalue weighted by Crippen LogP contribution is 2.54. The van der Waals surface area contributed by atoms with Crippen LogP contribution < -0.4 is 40.4 Å². The molecule has 19 aromatic rings. The van der Waals surface area contributed by atoms with E-state index in [1.54, 1.807) is 0 Å². The monoisotopic (exact) mass is 1420 g/mol. The second-order valence-electron chi connectivity index (χ2n) is 28.7. The smallest absolute Gasteiger partial charge is 0.269 e. The van der Waals surface area contributed by atoms with Crippen molar-refractivity contribution >= 4 is 107 Å². The van der Waals surface area contributed by atoms with E-state index in [4.69, 9.17) is 9.72 Å². The lowest BCUT2D eigenvalue weighted by molar-refractivity contribution is -0.571. The molecule has 0 N–H and O–H groups in total. The Kier molecular flexibility index (Phi) is 14.9. The minimum absolute atomic E-state index is 0.104. The molecule has 9 heteroatoms. The summed E-state index contributed by atoms with van der Waals surface area (Å²) in [7, 11) is 0. The topological polar surface area (TPSA) is 45.6 Å². The van der Waals surface area contributed by atoms with Crippen molar-refractivity contribution in [3.63, 3.8) is 0 Å². The number of imidazole rings is 1. The number of rotatable bonds is 14. The number of hydrogen-bond donors (Lipinski definition) is 0. The van der Waals surface area contributed by atoms with E-state index >= 15 is 0 Å². The number of hydrogen-bond acceptors (Lipinski definition) is 5. The van der Waals surface area contributed by atoms with Gasteiger partial charge < -0.3 is 19.4 Å². The number of aromatic nitrogens is 4. The van der Waals surface area contributed by atoms with Crippen molar-refractivity contribution in [3.05, 3.63) is 407 Å². The third kappa shape index (κ3) is 10.5. The molecule has 8 nitrogen and oxygen atoms in total. The molecule has 6 heterocycles. The van der Waals surface area contributed by atoms with Crippen molar-refractivity contribution in [2.75, 3.05) is 14.7 Å². The first-order valence-corrected chi connectivity index (χ1v) is 37.9. The van der Waals surface area contributed by atoms with Crippen molar-refractivity contribution in [2.24, 2.45) is 0 Å². The molecule has 518 valence electrons. The summed E-state index contributed by atoms with van der Waals surface area (Å²) in [6.45, 7) is -0.104. The average Bonchev–Trinajstić information content (AvgIpc) is 1.66. The average molecular weight is 1420 g/mol. The van der Waals surface area contributed by atoms with E-state index in [9.17, 15) is 0 Å². The van der Waals surface area contributed by atoms with Crippen molar-refractivity contribution in [1.82, 2.24) is 14.1 Å². The Balaban J connectivity index is 0.707. The van der Waals surface area contributed by atoms with Crippen LogP contribution in [0.2, 0.25) is 0 Å². The standard InChI is InChI=1S/C102H66BN7O/c1-8-30-68(31-9-1)72-58-73(69-32-10-2-11-33-69)61-76(60-72)85-48-26-49-86(77-62-74(70-34-12-3-13-35-70)59-75(63-77)71-36-14-4-15-37-71)100(85)106-67-105(88-51-22-23-52-89(88)106)81-44-24-46-83(64-81)111-84-47-25-45-82(65-84)110-94-66-95-99-101(96(94)87-50-29-57-104-102(87)110)109(80-42-20-7-21-43-80)93-56-28-54-91-98(93)103(99)97-90(107(91)78-38-16-5-17-39-78)53-27-55-92(97)108(95)79-40-18-6-19-41-79/h1-66H. The zero-order valence-corrected chi connectivity index (χ0v) is 60.2. The molecule has 3 aromatic heterocycles. The predicted octanol–water partition coefficient (Wildman–Crippen LogP) is 23.9. The molecule has 0 spiro atoms. The summed E-state index contributed by atoms with van der Waals surface area (Å²) in [6, 6.07) is 142. The Morgan fingerprint density at radius 2 is 0.703 bits per heavy atom. The summed E-state index contributed by atoms with van der Waals surface area (Å²) in [6.07, 6.45) is 5.95. The number of anilines is 9. The normalized spacial score (nSPS) is 12.4. The Morgan fingerprint density at radius 1 is 0.297 bits per heavy atom. The van der Waals surface area contributed by atoms with Crippen molar-refractivity contribution in [2.45, 2.75) is 0 Å². The lowest BCUT2D eigenvalue weighted by atomic mass is 9.31. The van der Waals surface area contributed by atoms with Crippen LogP contribution in [0.25, 0.3) is 117 Å². The number of fused-ring (bicyclic) bond motifs is 5. The van der Waals surface area contributed by atoms with Gasteiger partial charge in [0, 0.05) is 68.5 Å². The molecule has 0 saturated carbocycles. The fourth-order valence-electron chi connectivity index (χ4n) is 17.7. The maximum Gasteiger partial charge on any atom is 0.269 e. The van der Waals surface area contributed by atoms with Gasteiger partial charge in [0.15, 0.2) is 0 Å². The van der Waals surface area contributed by atoms with E-state index in [0.717, 1.165) is 157 Å². The highest BCUT2D eigenvalue weighted by atomic mass is 16.5. The van der Waals surface area contributed by atoms with Gasteiger partial charge in [0.2, 0.25) is 0 Å². The molecule has 0 aliphatic carbocycles. The number of ether oxygens (including phenoxy) is 1. The fraction of sp³-hybridized carbons (Fsp3) is 0. The second kappa shape index (κ2) is 26.0. The van der Waals surface area contributed by atoms with Crippen LogP contribution in [0.1, 0.15) is 0 Å². The Hall–Kier alpha value is -14.8. The lowest BCUT2D eigenvalue weighted by Crippen LogP contribution is -2.64. The largest absolute Gasteiger partial charge is 0.458 e. The van der Waals surface area contributed by atoms with Gasteiger partial charge >= 0.3 is 0 Å². The van der Waals surface area contributed by atoms with Gasteiger partial charge in [0.05, 0.1) is 39.3 Å². The molecule has 0 fully saturated rings.